The van der Waals surface area contributed by atoms with Crippen molar-refractivity contribution in [2.75, 3.05) is 0 Å². The van der Waals surface area contributed by atoms with Gasteiger partial charge in [0, 0.05) is 0 Å². The van der Waals surface area contributed by atoms with Gasteiger partial charge in [-0.3, -0.25) is 0 Å². The zero-order valence-corrected chi connectivity index (χ0v) is 5.68. The molecule has 0 spiro atoms. The molecule has 2 N–H and O–H groups in total. The van der Waals surface area contributed by atoms with E-state index in [0.29, 0.717) is 0 Å². The van der Waals surface area contributed by atoms with Gasteiger partial charge in [0.1, 0.15) is 0 Å². The van der Waals surface area contributed by atoms with Gasteiger partial charge in [0.05, 0.1) is 0 Å². The summed E-state index contributed by atoms with van der Waals surface area (Å²) < 4.78 is 31.9. The van der Waals surface area contributed by atoms with Crippen LogP contribution in [0.15, 0.2) is 12.7 Å². The summed E-state index contributed by atoms with van der Waals surface area (Å²) >= 11 is -5.25. The van der Waals surface area contributed by atoms with E-state index in [2.05, 4.69) is 6.58 Å². The molecule has 0 aromatic heterocycles. The molecule has 4 nitrogen and oxygen atoms in total. The monoisotopic (exact) mass is 160 g/mol. The van der Waals surface area contributed by atoms with Crippen molar-refractivity contribution in [3.8, 4) is 0 Å². The van der Waals surface area contributed by atoms with Gasteiger partial charge in [-0.2, -0.15) is 0 Å². The van der Waals surface area contributed by atoms with Crippen LogP contribution in [0.1, 0.15) is 6.92 Å². The van der Waals surface area contributed by atoms with Crippen molar-refractivity contribution in [3.05, 3.63) is 12.7 Å². The number of rotatable bonds is 0. The zero-order chi connectivity index (χ0) is 7.21. The fraction of sp³-hybridized carbons (Fsp3) is 0.333. The molecular weight excluding hydrogens is 152 g/mol. The molecule has 0 saturated heterocycles. The predicted octanol–water partition coefficient (Wildman–Crippen LogP) is -0.162. The molecule has 0 aliphatic heterocycles. The predicted molar refractivity (Wildman–Crippen MR) is 21.7 cm³/mol. The second kappa shape index (κ2) is 4.94. The average Bonchev–Trinajstić information content (AvgIpc) is 1.27. The van der Waals surface area contributed by atoms with Gasteiger partial charge in [-0.05, 0) is 6.92 Å². The third kappa shape index (κ3) is 3090. The van der Waals surface area contributed by atoms with E-state index in [1.54, 1.807) is 6.08 Å². The molecule has 0 aromatic rings. The van der Waals surface area contributed by atoms with Crippen molar-refractivity contribution in [3.63, 3.8) is 0 Å². The molecule has 50 valence electrons. The molecule has 0 bridgehead atoms. The van der Waals surface area contributed by atoms with Gasteiger partial charge in [0.15, 0.2) is 0 Å². The van der Waals surface area contributed by atoms with E-state index in [4.69, 9.17) is 15.9 Å². The fourth-order valence-electron chi connectivity index (χ4n) is 0. The Bertz CT molecular complexity index is 125. The maximum absolute atomic E-state index is 8.82. The third-order valence-electron chi connectivity index (χ3n) is 0. The molecule has 0 unspecified atom stereocenters. The Balaban J connectivity index is 0. The van der Waals surface area contributed by atoms with Crippen molar-refractivity contribution < 1.29 is 29.5 Å². The molecule has 0 rings (SSSR count). The van der Waals surface area contributed by atoms with Gasteiger partial charge < -0.3 is 0 Å². The van der Waals surface area contributed by atoms with E-state index in [1.165, 1.54) is 0 Å². The summed E-state index contributed by atoms with van der Waals surface area (Å²) in [7, 11) is 0. The summed E-state index contributed by atoms with van der Waals surface area (Å²) in [6.07, 6.45) is 1.75. The van der Waals surface area contributed by atoms with Crippen molar-refractivity contribution in [1.82, 2.24) is 0 Å². The Morgan fingerprint density at radius 1 is 1.50 bits per heavy atom. The summed E-state index contributed by atoms with van der Waals surface area (Å²) in [5, 5.41) is 0. The molecule has 0 aliphatic carbocycles. The van der Waals surface area contributed by atoms with Crippen molar-refractivity contribution in [2.24, 2.45) is 0 Å². The van der Waals surface area contributed by atoms with Gasteiger partial charge in [0.25, 0.3) is 0 Å². The van der Waals surface area contributed by atoms with E-state index in [0.717, 1.165) is 0 Å². The van der Waals surface area contributed by atoms with Crippen LogP contribution >= 0.6 is 0 Å². The molecule has 5 heteroatoms. The summed E-state index contributed by atoms with van der Waals surface area (Å²) in [6.45, 7) is 5.25. The normalized spacial score (nSPS) is 8.88. The van der Waals surface area contributed by atoms with Crippen LogP contribution in [0.5, 0.6) is 0 Å². The SMILES string of the molecule is C=CC.[O]=[Cr](=[O])([OH])[OH]. The first kappa shape index (κ1) is 10.7. The second-order valence-corrected chi connectivity index (χ2v) is 2.25. The Kier molecular flexibility index (Phi) is 6.62. The van der Waals surface area contributed by atoms with Gasteiger partial charge in [-0.1, -0.05) is 6.08 Å². The van der Waals surface area contributed by atoms with Gasteiger partial charge in [-0.15, -0.1) is 6.58 Å². The molecule has 0 atom stereocenters. The first-order valence-corrected chi connectivity index (χ1v) is 3.87. The number of hydrogen-bond acceptors (Lipinski definition) is 2. The van der Waals surface area contributed by atoms with Crippen molar-refractivity contribution in [2.45, 2.75) is 6.92 Å². The number of allylic oxidation sites excluding steroid dienone is 1. The van der Waals surface area contributed by atoms with E-state index in [9.17, 15) is 0 Å². The van der Waals surface area contributed by atoms with Crippen LogP contribution in [0.4, 0.5) is 0 Å². The van der Waals surface area contributed by atoms with Crippen LogP contribution < -0.4 is 0 Å². The standard InChI is InChI=1S/C3H6.Cr.2H2O.2O/c1-3-2;;;;;/h3H,1H2,2H3;;2*1H2;;/q;+2;;;;/p-2. The van der Waals surface area contributed by atoms with E-state index in [1.807, 2.05) is 6.92 Å². The van der Waals surface area contributed by atoms with E-state index in [-0.39, 0.29) is 0 Å². The van der Waals surface area contributed by atoms with Crippen molar-refractivity contribution in [1.29, 1.82) is 0 Å². The van der Waals surface area contributed by atoms with Crippen LogP contribution in [0, 0.1) is 0 Å². The number of hydrogen-bond donors (Lipinski definition) is 2. The van der Waals surface area contributed by atoms with Crippen LogP contribution in [0.2, 0.25) is 0 Å². The van der Waals surface area contributed by atoms with Crippen LogP contribution in [0.25, 0.3) is 0 Å². The quantitative estimate of drug-likeness (QED) is 0.483. The second-order valence-electron chi connectivity index (χ2n) is 0.856. The zero-order valence-electron chi connectivity index (χ0n) is 4.40. The molecule has 0 aliphatic rings. The summed E-state index contributed by atoms with van der Waals surface area (Å²) in [4.78, 5) is 0. The Morgan fingerprint density at radius 3 is 1.50 bits per heavy atom. The summed E-state index contributed by atoms with van der Waals surface area (Å²) in [5.41, 5.74) is 0. The first-order chi connectivity index (χ1) is 3.41. The minimum atomic E-state index is -5.25. The average molecular weight is 160 g/mol. The Hall–Kier alpha value is -0.208. The van der Waals surface area contributed by atoms with Crippen LogP contribution in [-0.4, -0.2) is 8.32 Å². The minimum absolute atomic E-state index is 1.75. The first-order valence-electron chi connectivity index (χ1n) is 1.68. The van der Waals surface area contributed by atoms with Gasteiger partial charge in [-0.25, -0.2) is 0 Å². The molecule has 8 heavy (non-hydrogen) atoms. The molecule has 0 amide bonds. The van der Waals surface area contributed by atoms with Gasteiger partial charge in [0.2, 0.25) is 0 Å². The molecule has 0 saturated carbocycles. The maximum atomic E-state index is 8.82. The third-order valence-corrected chi connectivity index (χ3v) is 0. The summed E-state index contributed by atoms with van der Waals surface area (Å²) in [6, 6.07) is 0. The van der Waals surface area contributed by atoms with Gasteiger partial charge >= 0.3 is 29.5 Å². The van der Waals surface area contributed by atoms with Crippen LogP contribution in [0.3, 0.4) is 0 Å². The Labute approximate surface area is 49.8 Å². The molecule has 0 aromatic carbocycles. The molecule has 0 heterocycles. The molecule has 0 radical (unpaired) electrons. The van der Waals surface area contributed by atoms with Crippen molar-refractivity contribution >= 4 is 0 Å². The van der Waals surface area contributed by atoms with E-state index < -0.39 is 13.6 Å². The summed E-state index contributed by atoms with van der Waals surface area (Å²) in [5.74, 6) is 0. The van der Waals surface area contributed by atoms with Crippen LogP contribution in [-0.2, 0) is 21.2 Å². The Morgan fingerprint density at radius 2 is 1.50 bits per heavy atom. The fourth-order valence-corrected chi connectivity index (χ4v) is 0. The van der Waals surface area contributed by atoms with E-state index >= 15 is 0 Å². The topological polar surface area (TPSA) is 74.6 Å². The molecule has 0 fully saturated rings. The molecular formula is C3H8CrO4.